The summed E-state index contributed by atoms with van der Waals surface area (Å²) in [4.78, 5) is 2.27. The van der Waals surface area contributed by atoms with E-state index in [0.717, 1.165) is 30.8 Å². The Morgan fingerprint density at radius 1 is 1.22 bits per heavy atom. The molecule has 5 nitrogen and oxygen atoms in total. The molecule has 122 valence electrons. The van der Waals surface area contributed by atoms with Crippen molar-refractivity contribution in [3.05, 3.63) is 52.7 Å². The number of aliphatic hydroxyl groups excluding tert-OH is 1. The number of aliphatic hydroxyl groups is 1. The molecule has 5 heteroatoms. The topological polar surface area (TPSA) is 58.5 Å². The summed E-state index contributed by atoms with van der Waals surface area (Å²) in [6.07, 6.45) is 0.496. The summed E-state index contributed by atoms with van der Waals surface area (Å²) in [6, 6.07) is 10.4. The van der Waals surface area contributed by atoms with Crippen LogP contribution in [0.4, 0.5) is 0 Å². The van der Waals surface area contributed by atoms with Gasteiger partial charge in [-0.1, -0.05) is 24.3 Å². The van der Waals surface area contributed by atoms with Crippen LogP contribution in [0.1, 0.15) is 22.4 Å². The van der Waals surface area contributed by atoms with E-state index in [1.807, 2.05) is 19.9 Å². The number of ether oxygens (including phenoxy) is 1. The first-order chi connectivity index (χ1) is 11.1. The highest BCUT2D eigenvalue weighted by Gasteiger charge is 2.18. The lowest BCUT2D eigenvalue weighted by molar-refractivity contribution is 0.0618. The number of benzene rings is 1. The van der Waals surface area contributed by atoms with Crippen molar-refractivity contribution in [1.82, 2.24) is 15.1 Å². The SMILES string of the molecule is Cc1cc(OC[C@H](O)CN2CCc3ccccc3C2)nnc1C. The van der Waals surface area contributed by atoms with Gasteiger partial charge in [0, 0.05) is 25.7 Å². The van der Waals surface area contributed by atoms with Crippen LogP contribution in [0, 0.1) is 13.8 Å². The molecule has 0 bridgehead atoms. The van der Waals surface area contributed by atoms with Gasteiger partial charge < -0.3 is 9.84 Å². The van der Waals surface area contributed by atoms with Crippen molar-refractivity contribution >= 4 is 0 Å². The summed E-state index contributed by atoms with van der Waals surface area (Å²) >= 11 is 0. The zero-order chi connectivity index (χ0) is 16.2. The van der Waals surface area contributed by atoms with Gasteiger partial charge >= 0.3 is 0 Å². The second-order valence-electron chi connectivity index (χ2n) is 6.17. The molecule has 2 aromatic rings. The third-order valence-electron chi connectivity index (χ3n) is 4.31. The Labute approximate surface area is 136 Å². The quantitative estimate of drug-likeness (QED) is 0.913. The van der Waals surface area contributed by atoms with Crippen molar-refractivity contribution in [1.29, 1.82) is 0 Å². The standard InChI is InChI=1S/C18H23N3O2/c1-13-9-18(20-19-14(13)2)23-12-17(22)11-21-8-7-15-5-3-4-6-16(15)10-21/h3-6,9,17,22H,7-8,10-12H2,1-2H3/t17-/m1/s1. The molecule has 0 radical (unpaired) electrons. The van der Waals surface area contributed by atoms with Gasteiger partial charge in [-0.2, -0.15) is 5.10 Å². The van der Waals surface area contributed by atoms with E-state index >= 15 is 0 Å². The molecule has 1 aromatic carbocycles. The van der Waals surface area contributed by atoms with Crippen LogP contribution in [0.15, 0.2) is 30.3 Å². The molecule has 0 amide bonds. The molecular weight excluding hydrogens is 290 g/mol. The van der Waals surface area contributed by atoms with Crippen LogP contribution in [-0.2, 0) is 13.0 Å². The highest BCUT2D eigenvalue weighted by atomic mass is 16.5. The fraction of sp³-hybridized carbons (Fsp3) is 0.444. The van der Waals surface area contributed by atoms with Gasteiger partial charge in [0.2, 0.25) is 5.88 Å². The van der Waals surface area contributed by atoms with Crippen molar-refractivity contribution in [2.24, 2.45) is 0 Å². The minimum atomic E-state index is -0.538. The molecule has 0 saturated carbocycles. The molecule has 1 aliphatic heterocycles. The molecule has 1 atom stereocenters. The normalized spacial score (nSPS) is 16.0. The molecule has 0 unspecified atom stereocenters. The summed E-state index contributed by atoms with van der Waals surface area (Å²) in [5, 5.41) is 18.2. The molecule has 3 rings (SSSR count). The van der Waals surface area contributed by atoms with E-state index in [-0.39, 0.29) is 6.61 Å². The number of fused-ring (bicyclic) bond motifs is 1. The number of hydrogen-bond acceptors (Lipinski definition) is 5. The predicted octanol–water partition coefficient (Wildman–Crippen LogP) is 1.89. The Balaban J connectivity index is 1.50. The van der Waals surface area contributed by atoms with Gasteiger partial charge in [-0.3, -0.25) is 4.90 Å². The maximum Gasteiger partial charge on any atom is 0.233 e. The minimum Gasteiger partial charge on any atom is -0.474 e. The molecule has 1 aromatic heterocycles. The molecule has 1 N–H and O–H groups in total. The van der Waals surface area contributed by atoms with Crippen LogP contribution in [0.25, 0.3) is 0 Å². The predicted molar refractivity (Wildman–Crippen MR) is 88.4 cm³/mol. The van der Waals surface area contributed by atoms with E-state index in [9.17, 15) is 5.11 Å². The number of aryl methyl sites for hydroxylation is 2. The highest BCUT2D eigenvalue weighted by molar-refractivity contribution is 5.29. The summed E-state index contributed by atoms with van der Waals surface area (Å²) in [6.45, 7) is 6.57. The smallest absolute Gasteiger partial charge is 0.233 e. The van der Waals surface area contributed by atoms with Gasteiger partial charge in [0.1, 0.15) is 12.7 Å². The van der Waals surface area contributed by atoms with Gasteiger partial charge in [-0.05, 0) is 37.0 Å². The fourth-order valence-electron chi connectivity index (χ4n) is 2.83. The third kappa shape index (κ3) is 4.06. The van der Waals surface area contributed by atoms with E-state index in [1.54, 1.807) is 0 Å². The van der Waals surface area contributed by atoms with Gasteiger partial charge in [-0.15, -0.1) is 5.10 Å². The van der Waals surface area contributed by atoms with Gasteiger partial charge in [0.15, 0.2) is 0 Å². The van der Waals surface area contributed by atoms with Crippen LogP contribution in [0.5, 0.6) is 5.88 Å². The summed E-state index contributed by atoms with van der Waals surface area (Å²) in [7, 11) is 0. The van der Waals surface area contributed by atoms with Crippen molar-refractivity contribution in [3.8, 4) is 5.88 Å². The number of hydrogen-bond donors (Lipinski definition) is 1. The number of rotatable bonds is 5. The summed E-state index contributed by atoms with van der Waals surface area (Å²) in [5.74, 6) is 0.469. The maximum absolute atomic E-state index is 10.2. The lowest BCUT2D eigenvalue weighted by Crippen LogP contribution is -2.38. The van der Waals surface area contributed by atoms with Gasteiger partial charge in [-0.25, -0.2) is 0 Å². The zero-order valence-corrected chi connectivity index (χ0v) is 13.7. The Hall–Kier alpha value is -1.98. The second-order valence-corrected chi connectivity index (χ2v) is 6.17. The molecule has 23 heavy (non-hydrogen) atoms. The first-order valence-electron chi connectivity index (χ1n) is 8.03. The van der Waals surface area contributed by atoms with Crippen LogP contribution in [-0.4, -0.2) is 46.0 Å². The molecule has 1 aliphatic rings. The number of β-amino-alcohol motifs (C(OH)–C–C–N with tert-alkyl or cyclic N) is 1. The van der Waals surface area contributed by atoms with E-state index in [4.69, 9.17) is 4.74 Å². The lowest BCUT2D eigenvalue weighted by atomic mass is 10.00. The van der Waals surface area contributed by atoms with Crippen LogP contribution in [0.2, 0.25) is 0 Å². The maximum atomic E-state index is 10.2. The van der Waals surface area contributed by atoms with E-state index < -0.39 is 6.10 Å². The van der Waals surface area contributed by atoms with Crippen molar-refractivity contribution < 1.29 is 9.84 Å². The third-order valence-corrected chi connectivity index (χ3v) is 4.31. The first kappa shape index (κ1) is 15.9. The van der Waals surface area contributed by atoms with Gasteiger partial charge in [0.25, 0.3) is 0 Å². The van der Waals surface area contributed by atoms with Crippen LogP contribution < -0.4 is 4.74 Å². The molecule has 0 fully saturated rings. The van der Waals surface area contributed by atoms with E-state index in [1.165, 1.54) is 11.1 Å². The molecular formula is C18H23N3O2. The molecule has 0 aliphatic carbocycles. The second kappa shape index (κ2) is 7.06. The Bertz CT molecular complexity index is 675. The van der Waals surface area contributed by atoms with Crippen molar-refractivity contribution in [2.75, 3.05) is 19.7 Å². The minimum absolute atomic E-state index is 0.231. The highest BCUT2D eigenvalue weighted by Crippen LogP contribution is 2.18. The van der Waals surface area contributed by atoms with E-state index in [2.05, 4.69) is 39.4 Å². The van der Waals surface area contributed by atoms with Crippen molar-refractivity contribution in [2.45, 2.75) is 32.9 Å². The summed E-state index contributed by atoms with van der Waals surface area (Å²) < 4.78 is 5.56. The van der Waals surface area contributed by atoms with Crippen LogP contribution >= 0.6 is 0 Å². The van der Waals surface area contributed by atoms with Crippen LogP contribution in [0.3, 0.4) is 0 Å². The molecule has 0 spiro atoms. The number of aromatic nitrogens is 2. The largest absolute Gasteiger partial charge is 0.474 e. The fourth-order valence-corrected chi connectivity index (χ4v) is 2.83. The van der Waals surface area contributed by atoms with Crippen molar-refractivity contribution in [3.63, 3.8) is 0 Å². The lowest BCUT2D eigenvalue weighted by Gasteiger charge is -2.30. The molecule has 2 heterocycles. The Morgan fingerprint density at radius 2 is 2.00 bits per heavy atom. The van der Waals surface area contributed by atoms with Gasteiger partial charge in [0.05, 0.1) is 5.69 Å². The Morgan fingerprint density at radius 3 is 2.78 bits per heavy atom. The monoisotopic (exact) mass is 313 g/mol. The molecule has 0 saturated heterocycles. The zero-order valence-electron chi connectivity index (χ0n) is 13.7. The summed E-state index contributed by atoms with van der Waals surface area (Å²) in [5.41, 5.74) is 4.70. The first-order valence-corrected chi connectivity index (χ1v) is 8.03. The number of nitrogens with zero attached hydrogens (tertiary/aromatic N) is 3. The average Bonchev–Trinajstić information content (AvgIpc) is 2.56. The average molecular weight is 313 g/mol. The van der Waals surface area contributed by atoms with E-state index in [0.29, 0.717) is 12.4 Å². The Kier molecular flexibility index (Phi) is 4.88.